The van der Waals surface area contributed by atoms with Crippen LogP contribution in [0.25, 0.3) is 15.9 Å². The molecule has 76 valence electrons. The lowest BCUT2D eigenvalue weighted by Gasteiger charge is -1.91. The lowest BCUT2D eigenvalue weighted by atomic mass is 10.5. The number of nitrogens with one attached hydrogen (secondary N) is 1. The molecule has 1 N–H and O–H groups in total. The Kier molecular flexibility index (Phi) is 1.66. The molecule has 0 bridgehead atoms. The van der Waals surface area contributed by atoms with Gasteiger partial charge in [0.2, 0.25) is 0 Å². The maximum Gasteiger partial charge on any atom is 0.348 e. The van der Waals surface area contributed by atoms with E-state index in [1.807, 2.05) is 0 Å². The van der Waals surface area contributed by atoms with Crippen molar-refractivity contribution in [3.05, 3.63) is 26.7 Å². The van der Waals surface area contributed by atoms with E-state index in [9.17, 15) is 4.79 Å². The number of halogens is 1. The first-order valence-corrected chi connectivity index (χ1v) is 5.39. The van der Waals surface area contributed by atoms with Gasteiger partial charge in [0.05, 0.1) is 14.6 Å². The molecule has 0 radical (unpaired) electrons. The first kappa shape index (κ1) is 8.87. The van der Waals surface area contributed by atoms with E-state index in [4.69, 9.17) is 11.6 Å². The normalized spacial score (nSPS) is 11.6. The van der Waals surface area contributed by atoms with Gasteiger partial charge in [-0.25, -0.2) is 9.78 Å². The van der Waals surface area contributed by atoms with Crippen LogP contribution in [-0.4, -0.2) is 19.6 Å². The number of H-pyrrole nitrogens is 1. The standard InChI is InChI=1S/C8H5ClN4OS/c1-3-10-7-6-4(2-5(9)15-6)11-8(14)13(7)12-3/h2H,1H3,(H,11,14). The van der Waals surface area contributed by atoms with Gasteiger partial charge >= 0.3 is 5.69 Å². The number of aryl methyl sites for hydroxylation is 1. The highest BCUT2D eigenvalue weighted by molar-refractivity contribution is 7.23. The van der Waals surface area contributed by atoms with Crippen LogP contribution >= 0.6 is 22.9 Å². The molecule has 0 aliphatic heterocycles. The van der Waals surface area contributed by atoms with Crippen LogP contribution in [0.15, 0.2) is 10.9 Å². The van der Waals surface area contributed by atoms with E-state index in [0.717, 1.165) is 4.70 Å². The van der Waals surface area contributed by atoms with Crippen molar-refractivity contribution in [1.29, 1.82) is 0 Å². The van der Waals surface area contributed by atoms with Crippen LogP contribution in [-0.2, 0) is 0 Å². The Morgan fingerprint density at radius 3 is 3.20 bits per heavy atom. The molecule has 0 aromatic carbocycles. The quantitative estimate of drug-likeness (QED) is 0.649. The highest BCUT2D eigenvalue weighted by atomic mass is 35.5. The SMILES string of the molecule is Cc1nc2c3sc(Cl)cc3[nH]c(=O)n2n1. The number of hydrogen-bond acceptors (Lipinski definition) is 4. The first-order chi connectivity index (χ1) is 7.15. The Labute approximate surface area is 92.3 Å². The highest BCUT2D eigenvalue weighted by Gasteiger charge is 2.11. The van der Waals surface area contributed by atoms with E-state index in [-0.39, 0.29) is 5.69 Å². The average Bonchev–Trinajstić information content (AvgIpc) is 2.68. The molecule has 7 heteroatoms. The van der Waals surface area contributed by atoms with E-state index in [0.29, 0.717) is 21.3 Å². The lowest BCUT2D eigenvalue weighted by Crippen LogP contribution is -2.16. The minimum Gasteiger partial charge on any atom is -0.304 e. The predicted octanol–water partition coefficient (Wildman–Crippen LogP) is 1.59. The molecule has 3 aromatic heterocycles. The third kappa shape index (κ3) is 1.18. The van der Waals surface area contributed by atoms with Crippen molar-refractivity contribution < 1.29 is 0 Å². The Hall–Kier alpha value is -1.40. The summed E-state index contributed by atoms with van der Waals surface area (Å²) in [6.07, 6.45) is 0. The van der Waals surface area contributed by atoms with E-state index in [1.54, 1.807) is 13.0 Å². The van der Waals surface area contributed by atoms with Gasteiger partial charge in [0.1, 0.15) is 5.82 Å². The van der Waals surface area contributed by atoms with Crippen molar-refractivity contribution in [3.63, 3.8) is 0 Å². The van der Waals surface area contributed by atoms with Gasteiger partial charge in [0, 0.05) is 0 Å². The second kappa shape index (κ2) is 2.80. The first-order valence-electron chi connectivity index (χ1n) is 4.20. The minimum atomic E-state index is -0.299. The zero-order valence-corrected chi connectivity index (χ0v) is 9.19. The smallest absolute Gasteiger partial charge is 0.304 e. The Balaban J connectivity index is 2.67. The number of aromatic amines is 1. The van der Waals surface area contributed by atoms with Crippen molar-refractivity contribution in [2.24, 2.45) is 0 Å². The molecule has 0 amide bonds. The summed E-state index contributed by atoms with van der Waals surface area (Å²) < 4.78 is 2.72. The lowest BCUT2D eigenvalue weighted by molar-refractivity contribution is 0.864. The number of aromatic nitrogens is 4. The largest absolute Gasteiger partial charge is 0.348 e. The van der Waals surface area contributed by atoms with Crippen molar-refractivity contribution in [2.45, 2.75) is 6.92 Å². The third-order valence-corrected chi connectivity index (χ3v) is 3.31. The molecule has 15 heavy (non-hydrogen) atoms. The summed E-state index contributed by atoms with van der Waals surface area (Å²) in [6.45, 7) is 1.74. The second-order valence-electron chi connectivity index (χ2n) is 3.12. The van der Waals surface area contributed by atoms with Crippen LogP contribution < -0.4 is 5.69 Å². The molecule has 3 aromatic rings. The van der Waals surface area contributed by atoms with Gasteiger partial charge in [-0.1, -0.05) is 11.6 Å². The molecule has 0 aliphatic carbocycles. The second-order valence-corrected chi connectivity index (χ2v) is 4.80. The summed E-state index contributed by atoms with van der Waals surface area (Å²) in [5.74, 6) is 0.567. The summed E-state index contributed by atoms with van der Waals surface area (Å²) >= 11 is 7.26. The number of nitrogens with zero attached hydrogens (tertiary/aromatic N) is 3. The van der Waals surface area contributed by atoms with Crippen LogP contribution in [0.5, 0.6) is 0 Å². The highest BCUT2D eigenvalue weighted by Crippen LogP contribution is 2.29. The third-order valence-electron chi connectivity index (χ3n) is 2.05. The van der Waals surface area contributed by atoms with Gasteiger partial charge in [-0.15, -0.1) is 16.4 Å². The van der Waals surface area contributed by atoms with E-state index < -0.39 is 0 Å². The summed E-state index contributed by atoms with van der Waals surface area (Å²) in [7, 11) is 0. The van der Waals surface area contributed by atoms with Crippen LogP contribution in [0, 0.1) is 6.92 Å². The zero-order valence-electron chi connectivity index (χ0n) is 7.61. The zero-order chi connectivity index (χ0) is 10.6. The van der Waals surface area contributed by atoms with E-state index in [1.165, 1.54) is 15.9 Å². The monoisotopic (exact) mass is 240 g/mol. The molecule has 0 spiro atoms. The van der Waals surface area contributed by atoms with Crippen LogP contribution in [0.2, 0.25) is 4.34 Å². The summed E-state index contributed by atoms with van der Waals surface area (Å²) in [5.41, 5.74) is 0.964. The van der Waals surface area contributed by atoms with Gasteiger partial charge in [0.15, 0.2) is 5.65 Å². The van der Waals surface area contributed by atoms with Crippen LogP contribution in [0.1, 0.15) is 5.82 Å². The van der Waals surface area contributed by atoms with Gasteiger partial charge in [-0.2, -0.15) is 4.52 Å². The molecule has 0 saturated heterocycles. The fraction of sp³-hybridized carbons (Fsp3) is 0.125. The number of fused-ring (bicyclic) bond motifs is 3. The Bertz CT molecular complexity index is 725. The Morgan fingerprint density at radius 2 is 2.40 bits per heavy atom. The van der Waals surface area contributed by atoms with E-state index >= 15 is 0 Å². The molecule has 3 rings (SSSR count). The van der Waals surface area contributed by atoms with Crippen LogP contribution in [0.4, 0.5) is 0 Å². The Morgan fingerprint density at radius 1 is 1.60 bits per heavy atom. The fourth-order valence-corrected chi connectivity index (χ4v) is 2.65. The molecule has 0 fully saturated rings. The molecular formula is C8H5ClN4OS. The molecule has 3 heterocycles. The van der Waals surface area contributed by atoms with Crippen molar-refractivity contribution in [3.8, 4) is 0 Å². The maximum atomic E-state index is 11.6. The molecule has 5 nitrogen and oxygen atoms in total. The van der Waals surface area contributed by atoms with Crippen molar-refractivity contribution in [2.75, 3.05) is 0 Å². The van der Waals surface area contributed by atoms with Gasteiger partial charge in [-0.3, -0.25) is 0 Å². The maximum absolute atomic E-state index is 11.6. The van der Waals surface area contributed by atoms with E-state index in [2.05, 4.69) is 15.1 Å². The molecular weight excluding hydrogens is 236 g/mol. The summed E-state index contributed by atoms with van der Waals surface area (Å²) in [5, 5.41) is 4.00. The van der Waals surface area contributed by atoms with Crippen LogP contribution in [0.3, 0.4) is 0 Å². The molecule has 0 saturated carbocycles. The number of thiophene rings is 1. The van der Waals surface area contributed by atoms with Gasteiger partial charge in [-0.05, 0) is 13.0 Å². The number of hydrogen-bond donors (Lipinski definition) is 1. The molecule has 0 atom stereocenters. The van der Waals surface area contributed by atoms with Crippen molar-refractivity contribution >= 4 is 38.8 Å². The summed E-state index contributed by atoms with van der Waals surface area (Å²) in [6, 6.07) is 1.72. The molecule has 0 aliphatic rings. The molecule has 0 unspecified atom stereocenters. The van der Waals surface area contributed by atoms with Gasteiger partial charge < -0.3 is 4.98 Å². The van der Waals surface area contributed by atoms with Gasteiger partial charge in [0.25, 0.3) is 0 Å². The van der Waals surface area contributed by atoms with Crippen molar-refractivity contribution in [1.82, 2.24) is 19.6 Å². The summed E-state index contributed by atoms with van der Waals surface area (Å²) in [4.78, 5) is 18.5. The minimum absolute atomic E-state index is 0.299. The number of rotatable bonds is 0. The average molecular weight is 241 g/mol. The predicted molar refractivity (Wildman–Crippen MR) is 58.7 cm³/mol. The fourth-order valence-electron chi connectivity index (χ4n) is 1.49. The topological polar surface area (TPSA) is 63.0 Å².